The maximum Gasteiger partial charge on any atom is 0.320 e. The van der Waals surface area contributed by atoms with Crippen molar-refractivity contribution in [3.8, 4) is 0 Å². The first-order chi connectivity index (χ1) is 21.5. The van der Waals surface area contributed by atoms with Gasteiger partial charge in [-0.2, -0.15) is 0 Å². The highest BCUT2D eigenvalue weighted by atomic mass is 35.5. The van der Waals surface area contributed by atoms with Gasteiger partial charge in [0.05, 0.1) is 13.2 Å². The predicted molar refractivity (Wildman–Crippen MR) is 178 cm³/mol. The Kier molecular flexibility index (Phi) is 13.4. The third-order valence-electron chi connectivity index (χ3n) is 8.85. The van der Waals surface area contributed by atoms with E-state index in [4.69, 9.17) is 14.2 Å². The molecular weight excluding hydrogens is 592 g/mol. The highest BCUT2D eigenvalue weighted by Gasteiger charge is 2.29. The van der Waals surface area contributed by atoms with E-state index >= 15 is 0 Å². The Labute approximate surface area is 274 Å². The molecule has 3 aliphatic rings. The summed E-state index contributed by atoms with van der Waals surface area (Å²) in [6.45, 7) is 11.0. The largest absolute Gasteiger partial charge is 0.458 e. The number of anilines is 1. The van der Waals surface area contributed by atoms with Crippen LogP contribution in [0, 0.1) is 5.92 Å². The smallest absolute Gasteiger partial charge is 0.320 e. The summed E-state index contributed by atoms with van der Waals surface area (Å²) in [6.07, 6.45) is 6.77. The number of hydrogen-bond donors (Lipinski definition) is 1. The Bertz CT molecular complexity index is 1250. The fourth-order valence-electron chi connectivity index (χ4n) is 6.22. The van der Waals surface area contributed by atoms with Gasteiger partial charge in [-0.1, -0.05) is 55.8 Å². The molecule has 0 radical (unpaired) electrons. The van der Waals surface area contributed by atoms with Crippen molar-refractivity contribution in [2.24, 2.45) is 5.92 Å². The Hall–Kier alpha value is -3.27. The number of halogens is 1. The van der Waals surface area contributed by atoms with Gasteiger partial charge in [-0.05, 0) is 68.3 Å². The van der Waals surface area contributed by atoms with Crippen LogP contribution in [-0.4, -0.2) is 91.5 Å². The van der Waals surface area contributed by atoms with Crippen LogP contribution in [0.2, 0.25) is 0 Å². The third kappa shape index (κ3) is 10.1. The number of nitrogens with one attached hydrogen (secondary N) is 1. The molecular formula is C35H49ClN4O5. The molecule has 2 aromatic carbocycles. The van der Waals surface area contributed by atoms with E-state index in [0.717, 1.165) is 69.5 Å². The number of rotatable bonds is 12. The van der Waals surface area contributed by atoms with Gasteiger partial charge in [0.25, 0.3) is 5.91 Å². The molecule has 0 saturated carbocycles. The maximum absolute atomic E-state index is 12.9. The van der Waals surface area contributed by atoms with Crippen molar-refractivity contribution in [3.63, 3.8) is 0 Å². The molecule has 2 saturated heterocycles. The number of likely N-dealkylation sites (tertiary alicyclic amines) is 1. The van der Waals surface area contributed by atoms with E-state index in [1.807, 2.05) is 52.3 Å². The molecule has 246 valence electrons. The van der Waals surface area contributed by atoms with Gasteiger partial charge in [0.2, 0.25) is 12.0 Å². The number of hydrogen-bond acceptors (Lipinski definition) is 6. The van der Waals surface area contributed by atoms with Crippen molar-refractivity contribution in [3.05, 3.63) is 77.7 Å². The SMILES string of the molecule is CCCCN(CC1CCN(C(=O)N2CCOCC2)CC1)C(C)Cc1cccc(NC(=O)C2=COC(Cc3ccccc3)O2)c1.Cl. The minimum atomic E-state index is -0.503. The molecule has 1 N–H and O–H groups in total. The molecule has 2 unspecified atom stereocenters. The van der Waals surface area contributed by atoms with Crippen LogP contribution in [0.3, 0.4) is 0 Å². The molecule has 10 heteroatoms. The summed E-state index contributed by atoms with van der Waals surface area (Å²) < 4.78 is 16.8. The average molecular weight is 641 g/mol. The van der Waals surface area contributed by atoms with Gasteiger partial charge in [-0.3, -0.25) is 4.79 Å². The quantitative estimate of drug-likeness (QED) is 0.321. The van der Waals surface area contributed by atoms with Crippen molar-refractivity contribution in [2.75, 3.05) is 57.8 Å². The van der Waals surface area contributed by atoms with Crippen LogP contribution in [0.5, 0.6) is 0 Å². The van der Waals surface area contributed by atoms with Crippen LogP contribution in [0.25, 0.3) is 0 Å². The minimum absolute atomic E-state index is 0. The molecule has 2 aromatic rings. The first kappa shape index (κ1) is 34.6. The number of benzene rings is 2. The number of urea groups is 1. The normalized spacial score (nSPS) is 19.3. The zero-order chi connectivity index (χ0) is 30.7. The van der Waals surface area contributed by atoms with E-state index in [2.05, 4.69) is 36.2 Å². The number of unbranched alkanes of at least 4 members (excludes halogenated alkanes) is 1. The van der Waals surface area contributed by atoms with Crippen LogP contribution < -0.4 is 5.32 Å². The van der Waals surface area contributed by atoms with Gasteiger partial charge in [0.1, 0.15) is 6.26 Å². The Morgan fingerprint density at radius 2 is 1.69 bits per heavy atom. The van der Waals surface area contributed by atoms with Gasteiger partial charge in [-0.25, -0.2) is 4.79 Å². The Balaban J connectivity index is 0.00000461. The van der Waals surface area contributed by atoms with E-state index in [0.29, 0.717) is 44.7 Å². The Morgan fingerprint density at radius 3 is 2.42 bits per heavy atom. The molecule has 5 rings (SSSR count). The lowest BCUT2D eigenvalue weighted by Crippen LogP contribution is -2.51. The number of piperidine rings is 1. The monoisotopic (exact) mass is 640 g/mol. The second-order valence-electron chi connectivity index (χ2n) is 12.2. The summed E-state index contributed by atoms with van der Waals surface area (Å²) in [4.78, 5) is 32.4. The van der Waals surface area contributed by atoms with Gasteiger partial charge < -0.3 is 34.2 Å². The lowest BCUT2D eigenvalue weighted by molar-refractivity contribution is -0.118. The zero-order valence-electron chi connectivity index (χ0n) is 26.7. The molecule has 9 nitrogen and oxygen atoms in total. The van der Waals surface area contributed by atoms with Gasteiger partial charge in [0.15, 0.2) is 0 Å². The van der Waals surface area contributed by atoms with Crippen LogP contribution in [0.15, 0.2) is 66.6 Å². The van der Waals surface area contributed by atoms with Crippen LogP contribution in [0.1, 0.15) is 50.7 Å². The van der Waals surface area contributed by atoms with Gasteiger partial charge in [-0.15, -0.1) is 12.4 Å². The van der Waals surface area contributed by atoms with E-state index < -0.39 is 6.29 Å². The predicted octanol–water partition coefficient (Wildman–Crippen LogP) is 5.70. The number of ether oxygens (including phenoxy) is 3. The average Bonchev–Trinajstić information content (AvgIpc) is 3.52. The van der Waals surface area contributed by atoms with Crippen LogP contribution in [0.4, 0.5) is 10.5 Å². The fourth-order valence-corrected chi connectivity index (χ4v) is 6.22. The maximum atomic E-state index is 12.9. The highest BCUT2D eigenvalue weighted by molar-refractivity contribution is 6.02. The van der Waals surface area contributed by atoms with Crippen molar-refractivity contribution in [1.82, 2.24) is 14.7 Å². The summed E-state index contributed by atoms with van der Waals surface area (Å²) in [5.74, 6) is 0.461. The van der Waals surface area contributed by atoms with Crippen molar-refractivity contribution < 1.29 is 23.8 Å². The standard InChI is InChI=1S/C35H48N4O5.ClH/c1-3-4-15-39(25-29-13-16-37(17-14-29)35(41)38-18-20-42-21-19-38)27(2)22-30-11-8-12-31(23-30)36-34(40)32-26-43-33(44-32)24-28-9-6-5-7-10-28;/h5-12,23,26-27,29,33H,3-4,13-22,24-25H2,1-2H3,(H,36,40);1H. The second kappa shape index (κ2) is 17.4. The highest BCUT2D eigenvalue weighted by Crippen LogP contribution is 2.24. The molecule has 0 aliphatic carbocycles. The van der Waals surface area contributed by atoms with E-state index in [9.17, 15) is 9.59 Å². The number of carbonyl (C=O) groups is 2. The first-order valence-corrected chi connectivity index (χ1v) is 16.3. The summed E-state index contributed by atoms with van der Waals surface area (Å²) in [7, 11) is 0. The lowest BCUT2D eigenvalue weighted by Gasteiger charge is -2.39. The van der Waals surface area contributed by atoms with Crippen molar-refractivity contribution >= 4 is 30.0 Å². The number of nitrogens with zero attached hydrogens (tertiary/aromatic N) is 3. The number of morpholine rings is 1. The minimum Gasteiger partial charge on any atom is -0.458 e. The summed E-state index contributed by atoms with van der Waals surface area (Å²) in [5.41, 5.74) is 3.02. The third-order valence-corrected chi connectivity index (χ3v) is 8.85. The molecule has 3 aliphatic heterocycles. The summed E-state index contributed by atoms with van der Waals surface area (Å²) in [5, 5.41) is 2.98. The molecule has 2 fully saturated rings. The summed E-state index contributed by atoms with van der Waals surface area (Å²) in [6, 6.07) is 18.6. The van der Waals surface area contributed by atoms with Gasteiger partial charge in [0, 0.05) is 50.9 Å². The zero-order valence-corrected chi connectivity index (χ0v) is 27.5. The molecule has 3 heterocycles. The molecule has 0 bridgehead atoms. The summed E-state index contributed by atoms with van der Waals surface area (Å²) >= 11 is 0. The van der Waals surface area contributed by atoms with E-state index in [-0.39, 0.29) is 30.1 Å². The van der Waals surface area contributed by atoms with Crippen LogP contribution >= 0.6 is 12.4 Å². The molecule has 45 heavy (non-hydrogen) atoms. The van der Waals surface area contributed by atoms with Crippen molar-refractivity contribution in [1.29, 1.82) is 0 Å². The van der Waals surface area contributed by atoms with Crippen molar-refractivity contribution in [2.45, 2.75) is 64.7 Å². The van der Waals surface area contributed by atoms with E-state index in [1.54, 1.807) is 0 Å². The number of amides is 3. The van der Waals surface area contributed by atoms with Gasteiger partial charge >= 0.3 is 6.03 Å². The fraction of sp³-hybridized carbons (Fsp3) is 0.543. The molecule has 2 atom stereocenters. The lowest BCUT2D eigenvalue weighted by atomic mass is 9.94. The topological polar surface area (TPSA) is 83.6 Å². The molecule has 3 amide bonds. The molecule has 0 spiro atoms. The number of carbonyl (C=O) groups excluding carboxylic acids is 2. The van der Waals surface area contributed by atoms with E-state index in [1.165, 1.54) is 11.8 Å². The second-order valence-corrected chi connectivity index (χ2v) is 12.2. The molecule has 0 aromatic heterocycles. The first-order valence-electron chi connectivity index (χ1n) is 16.3. The Morgan fingerprint density at radius 1 is 0.978 bits per heavy atom. The van der Waals surface area contributed by atoms with Crippen LogP contribution in [-0.2, 0) is 31.8 Å².